The monoisotopic (exact) mass is 368 g/mol. The Bertz CT molecular complexity index is 833. The van der Waals surface area contributed by atoms with Crippen LogP contribution in [0.25, 0.3) is 0 Å². The van der Waals surface area contributed by atoms with Crippen LogP contribution >= 0.6 is 0 Å². The van der Waals surface area contributed by atoms with E-state index < -0.39 is 0 Å². The minimum atomic E-state index is -0.320. The molecule has 0 aliphatic heterocycles. The van der Waals surface area contributed by atoms with Crippen LogP contribution < -0.4 is 20.1 Å². The van der Waals surface area contributed by atoms with Gasteiger partial charge in [0, 0.05) is 12.6 Å². The summed E-state index contributed by atoms with van der Waals surface area (Å²) in [6.45, 7) is 2.49. The SMILES string of the molecule is COc1ccc(OC)c(NC(=O)C2CC2C(=O)NCc2ccc(C)cc2)c1. The van der Waals surface area contributed by atoms with Crippen molar-refractivity contribution in [3.63, 3.8) is 0 Å². The molecule has 2 atom stereocenters. The van der Waals surface area contributed by atoms with Gasteiger partial charge in [-0.2, -0.15) is 0 Å². The van der Waals surface area contributed by atoms with Gasteiger partial charge in [0.15, 0.2) is 0 Å². The fraction of sp³-hybridized carbons (Fsp3) is 0.333. The van der Waals surface area contributed by atoms with E-state index in [9.17, 15) is 9.59 Å². The van der Waals surface area contributed by atoms with E-state index in [1.54, 1.807) is 25.3 Å². The first-order valence-corrected chi connectivity index (χ1v) is 8.88. The molecule has 0 bridgehead atoms. The van der Waals surface area contributed by atoms with Crippen LogP contribution in [0.15, 0.2) is 42.5 Å². The number of carbonyl (C=O) groups excluding carboxylic acids is 2. The van der Waals surface area contributed by atoms with Gasteiger partial charge in [0.25, 0.3) is 0 Å². The summed E-state index contributed by atoms with van der Waals surface area (Å²) in [5, 5.41) is 5.75. The predicted molar refractivity (Wildman–Crippen MR) is 103 cm³/mol. The molecule has 1 saturated carbocycles. The number of rotatable bonds is 7. The standard InChI is InChI=1S/C21H24N2O4/c1-13-4-6-14(7-5-13)12-22-20(24)16-11-17(16)21(25)23-18-10-15(26-2)8-9-19(18)27-3/h4-10,16-17H,11-12H2,1-3H3,(H,22,24)(H,23,25). The van der Waals surface area contributed by atoms with Crippen LogP contribution in [0.4, 0.5) is 5.69 Å². The minimum absolute atomic E-state index is 0.0895. The van der Waals surface area contributed by atoms with Crippen molar-refractivity contribution in [2.24, 2.45) is 11.8 Å². The number of methoxy groups -OCH3 is 2. The Morgan fingerprint density at radius 1 is 1.00 bits per heavy atom. The Kier molecular flexibility index (Phi) is 5.64. The van der Waals surface area contributed by atoms with E-state index in [0.29, 0.717) is 30.2 Å². The van der Waals surface area contributed by atoms with Crippen LogP contribution in [0.3, 0.4) is 0 Å². The number of anilines is 1. The molecule has 2 N–H and O–H groups in total. The lowest BCUT2D eigenvalue weighted by Gasteiger charge is -2.11. The summed E-state index contributed by atoms with van der Waals surface area (Å²) >= 11 is 0. The first-order valence-electron chi connectivity index (χ1n) is 8.88. The third kappa shape index (κ3) is 4.58. The van der Waals surface area contributed by atoms with Crippen molar-refractivity contribution in [2.45, 2.75) is 19.9 Å². The lowest BCUT2D eigenvalue weighted by Crippen LogP contribution is -2.27. The second-order valence-corrected chi connectivity index (χ2v) is 6.71. The van der Waals surface area contributed by atoms with Crippen LogP contribution in [0.5, 0.6) is 11.5 Å². The minimum Gasteiger partial charge on any atom is -0.497 e. The summed E-state index contributed by atoms with van der Waals surface area (Å²) in [7, 11) is 3.10. The zero-order chi connectivity index (χ0) is 19.4. The van der Waals surface area contributed by atoms with E-state index in [2.05, 4.69) is 10.6 Å². The van der Waals surface area contributed by atoms with E-state index >= 15 is 0 Å². The number of amides is 2. The van der Waals surface area contributed by atoms with Gasteiger partial charge in [-0.05, 0) is 31.0 Å². The van der Waals surface area contributed by atoms with E-state index in [0.717, 1.165) is 5.56 Å². The number of hydrogen-bond acceptors (Lipinski definition) is 4. The van der Waals surface area contributed by atoms with E-state index in [1.165, 1.54) is 12.7 Å². The van der Waals surface area contributed by atoms with E-state index in [4.69, 9.17) is 9.47 Å². The van der Waals surface area contributed by atoms with Crippen molar-refractivity contribution in [1.82, 2.24) is 5.32 Å². The molecular weight excluding hydrogens is 344 g/mol. The third-order valence-corrected chi connectivity index (χ3v) is 4.72. The van der Waals surface area contributed by atoms with Gasteiger partial charge in [0.1, 0.15) is 11.5 Å². The summed E-state index contributed by atoms with van der Waals surface area (Å²) in [6, 6.07) is 13.2. The van der Waals surface area contributed by atoms with Crippen LogP contribution in [0, 0.1) is 18.8 Å². The first-order chi connectivity index (χ1) is 13.0. The maximum absolute atomic E-state index is 12.5. The maximum Gasteiger partial charge on any atom is 0.228 e. The molecule has 0 radical (unpaired) electrons. The average molecular weight is 368 g/mol. The molecule has 3 rings (SSSR count). The molecule has 27 heavy (non-hydrogen) atoms. The highest BCUT2D eigenvalue weighted by atomic mass is 16.5. The quantitative estimate of drug-likeness (QED) is 0.788. The Morgan fingerprint density at radius 2 is 1.70 bits per heavy atom. The number of ether oxygens (including phenoxy) is 2. The molecule has 2 unspecified atom stereocenters. The van der Waals surface area contributed by atoms with Crippen LogP contribution in [0.2, 0.25) is 0 Å². The van der Waals surface area contributed by atoms with Gasteiger partial charge in [-0.15, -0.1) is 0 Å². The van der Waals surface area contributed by atoms with Gasteiger partial charge >= 0.3 is 0 Å². The lowest BCUT2D eigenvalue weighted by molar-refractivity contribution is -0.125. The van der Waals surface area contributed by atoms with Gasteiger partial charge in [-0.1, -0.05) is 29.8 Å². The highest BCUT2D eigenvalue weighted by Gasteiger charge is 2.48. The molecule has 0 spiro atoms. The van der Waals surface area contributed by atoms with Crippen LogP contribution in [-0.4, -0.2) is 26.0 Å². The topological polar surface area (TPSA) is 76.7 Å². The lowest BCUT2D eigenvalue weighted by atomic mass is 10.1. The Balaban J connectivity index is 1.54. The molecule has 142 valence electrons. The van der Waals surface area contributed by atoms with E-state index in [-0.39, 0.29) is 23.7 Å². The normalized spacial score (nSPS) is 17.7. The number of hydrogen-bond donors (Lipinski definition) is 2. The summed E-state index contributed by atoms with van der Waals surface area (Å²) in [4.78, 5) is 24.8. The zero-order valence-corrected chi connectivity index (χ0v) is 15.7. The molecule has 1 aliphatic rings. The molecule has 2 amide bonds. The third-order valence-electron chi connectivity index (χ3n) is 4.72. The molecule has 6 heteroatoms. The summed E-state index contributed by atoms with van der Waals surface area (Å²) in [6.07, 6.45) is 0.553. The largest absolute Gasteiger partial charge is 0.497 e. The van der Waals surface area contributed by atoms with Crippen LogP contribution in [-0.2, 0) is 16.1 Å². The summed E-state index contributed by atoms with van der Waals surface area (Å²) < 4.78 is 10.4. The zero-order valence-electron chi connectivity index (χ0n) is 15.7. The van der Waals surface area contributed by atoms with Gasteiger partial charge in [-0.25, -0.2) is 0 Å². The van der Waals surface area contributed by atoms with Crippen molar-refractivity contribution in [3.8, 4) is 11.5 Å². The fourth-order valence-corrected chi connectivity index (χ4v) is 2.94. The number of carbonyl (C=O) groups is 2. The Labute approximate surface area is 158 Å². The van der Waals surface area contributed by atoms with Gasteiger partial charge < -0.3 is 20.1 Å². The molecular formula is C21H24N2O4. The predicted octanol–water partition coefficient (Wildman–Crippen LogP) is 2.90. The molecule has 1 aliphatic carbocycles. The van der Waals surface area contributed by atoms with Crippen molar-refractivity contribution in [2.75, 3.05) is 19.5 Å². The van der Waals surface area contributed by atoms with Crippen molar-refractivity contribution in [1.29, 1.82) is 0 Å². The fourth-order valence-electron chi connectivity index (χ4n) is 2.94. The summed E-state index contributed by atoms with van der Waals surface area (Å²) in [5.74, 6) is 0.288. The Morgan fingerprint density at radius 3 is 2.37 bits per heavy atom. The highest BCUT2D eigenvalue weighted by molar-refractivity contribution is 6.00. The second-order valence-electron chi connectivity index (χ2n) is 6.71. The second kappa shape index (κ2) is 8.12. The molecule has 0 heterocycles. The average Bonchev–Trinajstić information content (AvgIpc) is 3.48. The number of nitrogens with one attached hydrogen (secondary N) is 2. The van der Waals surface area contributed by atoms with Crippen molar-refractivity contribution in [3.05, 3.63) is 53.6 Å². The number of aryl methyl sites for hydroxylation is 1. The number of benzene rings is 2. The highest BCUT2D eigenvalue weighted by Crippen LogP contribution is 2.40. The van der Waals surface area contributed by atoms with E-state index in [1.807, 2.05) is 31.2 Å². The molecule has 6 nitrogen and oxygen atoms in total. The molecule has 2 aromatic carbocycles. The van der Waals surface area contributed by atoms with Crippen molar-refractivity contribution < 1.29 is 19.1 Å². The van der Waals surface area contributed by atoms with Gasteiger partial charge in [-0.3, -0.25) is 9.59 Å². The Hall–Kier alpha value is -3.02. The molecule has 1 fully saturated rings. The smallest absolute Gasteiger partial charge is 0.228 e. The van der Waals surface area contributed by atoms with Gasteiger partial charge in [0.05, 0.1) is 31.7 Å². The molecule has 0 saturated heterocycles. The van der Waals surface area contributed by atoms with Crippen molar-refractivity contribution >= 4 is 17.5 Å². The molecule has 2 aromatic rings. The van der Waals surface area contributed by atoms with Crippen LogP contribution in [0.1, 0.15) is 17.5 Å². The first kappa shape index (κ1) is 18.8. The van der Waals surface area contributed by atoms with Gasteiger partial charge in [0.2, 0.25) is 11.8 Å². The summed E-state index contributed by atoms with van der Waals surface area (Å²) in [5.41, 5.74) is 2.75. The molecule has 0 aromatic heterocycles. The maximum atomic E-state index is 12.5.